The van der Waals surface area contributed by atoms with Crippen LogP contribution in [-0.2, 0) is 19.1 Å². The van der Waals surface area contributed by atoms with Gasteiger partial charge in [0.1, 0.15) is 13.2 Å². The summed E-state index contributed by atoms with van der Waals surface area (Å²) in [4.78, 5) is 24.6. The van der Waals surface area contributed by atoms with Crippen molar-refractivity contribution in [1.29, 1.82) is 0 Å². The molecule has 4 bridgehead atoms. The van der Waals surface area contributed by atoms with Crippen LogP contribution in [0.2, 0.25) is 0 Å². The van der Waals surface area contributed by atoms with Crippen molar-refractivity contribution in [3.8, 4) is 0 Å². The van der Waals surface area contributed by atoms with E-state index in [0.717, 1.165) is 0 Å². The highest BCUT2D eigenvalue weighted by Gasteiger charge is 2.65. The van der Waals surface area contributed by atoms with Crippen molar-refractivity contribution < 1.29 is 29.3 Å². The summed E-state index contributed by atoms with van der Waals surface area (Å²) < 4.78 is 10.6. The van der Waals surface area contributed by atoms with Crippen LogP contribution in [0.25, 0.3) is 0 Å². The summed E-state index contributed by atoms with van der Waals surface area (Å²) in [5.74, 6) is -0.509. The van der Waals surface area contributed by atoms with Gasteiger partial charge < -0.3 is 19.7 Å². The van der Waals surface area contributed by atoms with Crippen LogP contribution in [0.5, 0.6) is 0 Å². The lowest BCUT2D eigenvalue weighted by Crippen LogP contribution is -2.65. The number of aliphatic hydroxyl groups is 2. The Labute approximate surface area is 148 Å². The van der Waals surface area contributed by atoms with Crippen LogP contribution in [0.15, 0.2) is 0 Å². The minimum atomic E-state index is -0.954. The van der Waals surface area contributed by atoms with Crippen LogP contribution >= 0.6 is 0 Å². The fourth-order valence-electron chi connectivity index (χ4n) is 5.33. The van der Waals surface area contributed by atoms with Gasteiger partial charge in [-0.2, -0.15) is 0 Å². The number of carbonyl (C=O) groups is 2. The van der Waals surface area contributed by atoms with Gasteiger partial charge in [0.2, 0.25) is 0 Å². The standard InChI is InChI=1S/C19H30O6/c1-4-16(2,3)14(20)24-5-6-25-15(21)17-7-13-8-18(22,10-17)12-19(23,9-13)11-17/h13,22-23H,4-12H2,1-3H3. The summed E-state index contributed by atoms with van der Waals surface area (Å²) in [6, 6.07) is 0. The van der Waals surface area contributed by atoms with E-state index in [1.807, 2.05) is 20.8 Å². The van der Waals surface area contributed by atoms with E-state index in [9.17, 15) is 19.8 Å². The molecule has 25 heavy (non-hydrogen) atoms. The molecule has 0 aromatic heterocycles. The Balaban J connectivity index is 1.55. The molecule has 0 saturated heterocycles. The molecule has 2 unspecified atom stereocenters. The first-order valence-corrected chi connectivity index (χ1v) is 9.31. The van der Waals surface area contributed by atoms with Crippen LogP contribution in [0.4, 0.5) is 0 Å². The van der Waals surface area contributed by atoms with E-state index in [1.54, 1.807) is 0 Å². The highest BCUT2D eigenvalue weighted by molar-refractivity contribution is 5.78. The van der Waals surface area contributed by atoms with Gasteiger partial charge in [0.25, 0.3) is 0 Å². The molecule has 6 heteroatoms. The van der Waals surface area contributed by atoms with Crippen molar-refractivity contribution in [2.45, 2.75) is 76.9 Å². The molecule has 0 amide bonds. The van der Waals surface area contributed by atoms with Crippen LogP contribution in [-0.4, -0.2) is 46.6 Å². The number of carbonyl (C=O) groups excluding carboxylic acids is 2. The molecular weight excluding hydrogens is 324 g/mol. The monoisotopic (exact) mass is 354 g/mol. The summed E-state index contributed by atoms with van der Waals surface area (Å²) in [5.41, 5.74) is -3.25. The summed E-state index contributed by atoms with van der Waals surface area (Å²) in [7, 11) is 0. The summed E-state index contributed by atoms with van der Waals surface area (Å²) in [6.07, 6.45) is 3.74. The zero-order chi connectivity index (χ0) is 18.5. The smallest absolute Gasteiger partial charge is 0.312 e. The average molecular weight is 354 g/mol. The van der Waals surface area contributed by atoms with E-state index in [1.165, 1.54) is 0 Å². The van der Waals surface area contributed by atoms with Gasteiger partial charge in [-0.05, 0) is 58.3 Å². The van der Waals surface area contributed by atoms with E-state index in [2.05, 4.69) is 0 Å². The van der Waals surface area contributed by atoms with E-state index in [0.29, 0.717) is 44.9 Å². The highest BCUT2D eigenvalue weighted by atomic mass is 16.6. The van der Waals surface area contributed by atoms with Crippen LogP contribution in [0.3, 0.4) is 0 Å². The van der Waals surface area contributed by atoms with Gasteiger partial charge in [0, 0.05) is 6.42 Å². The molecular formula is C19H30O6. The second kappa shape index (κ2) is 5.95. The fourth-order valence-corrected chi connectivity index (χ4v) is 5.33. The largest absolute Gasteiger partial charge is 0.462 e. The van der Waals surface area contributed by atoms with Gasteiger partial charge >= 0.3 is 11.9 Å². The van der Waals surface area contributed by atoms with Crippen molar-refractivity contribution in [1.82, 2.24) is 0 Å². The van der Waals surface area contributed by atoms with Crippen molar-refractivity contribution in [3.63, 3.8) is 0 Å². The Morgan fingerprint density at radius 3 is 2.08 bits per heavy atom. The van der Waals surface area contributed by atoms with Gasteiger partial charge in [-0.25, -0.2) is 0 Å². The molecule has 0 heterocycles. The maximum absolute atomic E-state index is 12.7. The molecule has 0 aromatic rings. The van der Waals surface area contributed by atoms with Crippen molar-refractivity contribution in [2.75, 3.05) is 13.2 Å². The lowest BCUT2D eigenvalue weighted by Gasteiger charge is -2.61. The molecule has 6 nitrogen and oxygen atoms in total. The van der Waals surface area contributed by atoms with Crippen LogP contribution in [0, 0.1) is 16.7 Å². The summed E-state index contributed by atoms with van der Waals surface area (Å²) in [6.45, 7) is 5.59. The van der Waals surface area contributed by atoms with Gasteiger partial charge in [-0.3, -0.25) is 9.59 Å². The normalized spacial score (nSPS) is 39.3. The Kier molecular flexibility index (Phi) is 4.44. The van der Waals surface area contributed by atoms with Gasteiger partial charge in [-0.15, -0.1) is 0 Å². The zero-order valence-electron chi connectivity index (χ0n) is 15.5. The maximum Gasteiger partial charge on any atom is 0.312 e. The van der Waals surface area contributed by atoms with E-state index in [4.69, 9.17) is 9.47 Å². The average Bonchev–Trinajstić information content (AvgIpc) is 2.47. The molecule has 4 fully saturated rings. The summed E-state index contributed by atoms with van der Waals surface area (Å²) >= 11 is 0. The molecule has 4 aliphatic rings. The topological polar surface area (TPSA) is 93.1 Å². The van der Waals surface area contributed by atoms with Crippen LogP contribution < -0.4 is 0 Å². The quantitative estimate of drug-likeness (QED) is 0.559. The van der Waals surface area contributed by atoms with Crippen molar-refractivity contribution >= 4 is 11.9 Å². The van der Waals surface area contributed by atoms with Gasteiger partial charge in [-0.1, -0.05) is 6.92 Å². The first-order chi connectivity index (χ1) is 11.5. The zero-order valence-corrected chi connectivity index (χ0v) is 15.5. The summed E-state index contributed by atoms with van der Waals surface area (Å²) in [5, 5.41) is 21.4. The number of hydrogen-bond donors (Lipinski definition) is 2. The molecule has 4 saturated carbocycles. The minimum absolute atomic E-state index is 0.00758. The molecule has 0 aliphatic heterocycles. The Hall–Kier alpha value is -1.14. The van der Waals surface area contributed by atoms with Crippen LogP contribution in [0.1, 0.15) is 65.7 Å². The molecule has 142 valence electrons. The molecule has 4 aliphatic carbocycles. The molecule has 0 spiro atoms. The number of ether oxygens (including phenoxy) is 2. The van der Waals surface area contributed by atoms with Gasteiger partial charge in [0.15, 0.2) is 0 Å². The third-order valence-electron chi connectivity index (χ3n) is 6.43. The van der Waals surface area contributed by atoms with Crippen molar-refractivity contribution in [3.05, 3.63) is 0 Å². The van der Waals surface area contributed by atoms with E-state index >= 15 is 0 Å². The van der Waals surface area contributed by atoms with Crippen molar-refractivity contribution in [2.24, 2.45) is 16.7 Å². The first kappa shape index (κ1) is 18.6. The Bertz CT molecular complexity index is 550. The Morgan fingerprint density at radius 2 is 1.56 bits per heavy atom. The third-order valence-corrected chi connectivity index (χ3v) is 6.43. The highest BCUT2D eigenvalue weighted by Crippen LogP contribution is 2.63. The maximum atomic E-state index is 12.7. The van der Waals surface area contributed by atoms with Gasteiger partial charge in [0.05, 0.1) is 22.0 Å². The molecule has 2 N–H and O–H groups in total. The molecule has 2 atom stereocenters. The first-order valence-electron chi connectivity index (χ1n) is 9.31. The predicted octanol–water partition coefficient (Wildman–Crippen LogP) is 1.96. The lowest BCUT2D eigenvalue weighted by atomic mass is 9.46. The lowest BCUT2D eigenvalue weighted by molar-refractivity contribution is -0.237. The molecule has 4 rings (SSSR count). The van der Waals surface area contributed by atoms with E-state index < -0.39 is 22.0 Å². The minimum Gasteiger partial charge on any atom is -0.462 e. The second-order valence-corrected chi connectivity index (χ2v) is 9.25. The SMILES string of the molecule is CCC(C)(C)C(=O)OCCOC(=O)C12CC3CC(O)(CC(O)(C3)C1)C2. The second-order valence-electron chi connectivity index (χ2n) is 9.25. The Morgan fingerprint density at radius 1 is 1.00 bits per heavy atom. The third kappa shape index (κ3) is 3.43. The number of rotatable bonds is 6. The molecule has 0 radical (unpaired) electrons. The van der Waals surface area contributed by atoms with E-state index in [-0.39, 0.29) is 31.1 Å². The fraction of sp³-hybridized carbons (Fsp3) is 0.895. The number of hydrogen-bond acceptors (Lipinski definition) is 6. The number of esters is 2. The molecule has 0 aromatic carbocycles. The predicted molar refractivity (Wildman–Crippen MR) is 89.5 cm³/mol.